The highest BCUT2D eigenvalue weighted by molar-refractivity contribution is 5.81. The van der Waals surface area contributed by atoms with Gasteiger partial charge < -0.3 is 9.72 Å². The topological polar surface area (TPSA) is 88.9 Å². The van der Waals surface area contributed by atoms with Crippen LogP contribution in [0.1, 0.15) is 47.5 Å². The van der Waals surface area contributed by atoms with Gasteiger partial charge in [-0.15, -0.1) is 5.10 Å². The first-order valence-electron chi connectivity index (χ1n) is 12.8. The maximum Gasteiger partial charge on any atom is 0.252 e. The Morgan fingerprint density at radius 1 is 0.974 bits per heavy atom. The van der Waals surface area contributed by atoms with Crippen molar-refractivity contribution >= 4 is 10.9 Å². The summed E-state index contributed by atoms with van der Waals surface area (Å²) in [5.41, 5.74) is 4.79. The lowest BCUT2D eigenvalue weighted by Crippen LogP contribution is -2.32. The Kier molecular flexibility index (Phi) is 7.60. The Hall–Kier alpha value is -4.30. The van der Waals surface area contributed by atoms with E-state index in [2.05, 4.69) is 56.6 Å². The first-order valence-corrected chi connectivity index (χ1v) is 12.8. The predicted molar refractivity (Wildman–Crippen MR) is 148 cm³/mol. The van der Waals surface area contributed by atoms with E-state index in [9.17, 15) is 4.79 Å². The number of para-hydroxylation sites is 1. The monoisotopic (exact) mass is 508 g/mol. The Morgan fingerprint density at radius 3 is 2.50 bits per heavy atom. The fourth-order valence-electron chi connectivity index (χ4n) is 4.93. The van der Waals surface area contributed by atoms with E-state index in [0.717, 1.165) is 45.6 Å². The molecule has 2 aromatic heterocycles. The summed E-state index contributed by atoms with van der Waals surface area (Å²) in [6.45, 7) is 5.77. The van der Waals surface area contributed by atoms with Crippen LogP contribution in [0.5, 0.6) is 5.75 Å². The van der Waals surface area contributed by atoms with Crippen LogP contribution in [0.25, 0.3) is 10.9 Å². The number of hydrogen-bond acceptors (Lipinski definition) is 6. The summed E-state index contributed by atoms with van der Waals surface area (Å²) in [5.74, 6) is 1.58. The van der Waals surface area contributed by atoms with E-state index >= 15 is 0 Å². The third-order valence-corrected chi connectivity index (χ3v) is 6.94. The molecule has 8 heteroatoms. The molecule has 0 spiro atoms. The summed E-state index contributed by atoms with van der Waals surface area (Å²) in [7, 11) is 1.66. The summed E-state index contributed by atoms with van der Waals surface area (Å²) in [6.07, 6.45) is 0.774. The van der Waals surface area contributed by atoms with Gasteiger partial charge in [-0.1, -0.05) is 67.6 Å². The van der Waals surface area contributed by atoms with Gasteiger partial charge in [-0.05, 0) is 64.0 Å². The summed E-state index contributed by atoms with van der Waals surface area (Å²) >= 11 is 0. The van der Waals surface area contributed by atoms with Gasteiger partial charge in [0.05, 0.1) is 25.2 Å². The third-order valence-electron chi connectivity index (χ3n) is 6.94. The number of methoxy groups -OCH3 is 1. The Bertz CT molecular complexity index is 1560. The number of nitrogens with zero attached hydrogens (tertiary/aromatic N) is 5. The zero-order valence-electron chi connectivity index (χ0n) is 22.0. The minimum Gasteiger partial charge on any atom is -0.497 e. The van der Waals surface area contributed by atoms with Crippen LogP contribution in [-0.2, 0) is 19.6 Å². The molecule has 0 aliphatic carbocycles. The van der Waals surface area contributed by atoms with Gasteiger partial charge in [0.1, 0.15) is 5.75 Å². The van der Waals surface area contributed by atoms with Crippen LogP contribution in [0, 0.1) is 6.92 Å². The van der Waals surface area contributed by atoms with Gasteiger partial charge >= 0.3 is 0 Å². The van der Waals surface area contributed by atoms with E-state index in [0.29, 0.717) is 25.2 Å². The Balaban J connectivity index is 1.52. The minimum atomic E-state index is -0.108. The average molecular weight is 509 g/mol. The lowest BCUT2D eigenvalue weighted by molar-refractivity contribution is 0.161. The Morgan fingerprint density at radius 2 is 1.76 bits per heavy atom. The molecule has 38 heavy (non-hydrogen) atoms. The number of hydrogen-bond donors (Lipinski definition) is 1. The Labute approximate surface area is 221 Å². The second-order valence-corrected chi connectivity index (χ2v) is 9.52. The highest BCUT2D eigenvalue weighted by atomic mass is 16.5. The number of ether oxygens (including phenoxy) is 1. The van der Waals surface area contributed by atoms with Crippen molar-refractivity contribution in [2.45, 2.75) is 45.9 Å². The maximum atomic E-state index is 13.2. The quantitative estimate of drug-likeness (QED) is 0.285. The van der Waals surface area contributed by atoms with Crippen molar-refractivity contribution in [2.75, 3.05) is 7.11 Å². The van der Waals surface area contributed by atoms with Crippen LogP contribution >= 0.6 is 0 Å². The number of fused-ring (bicyclic) bond motifs is 1. The second kappa shape index (κ2) is 11.4. The molecule has 0 amide bonds. The molecular weight excluding hydrogens is 476 g/mol. The first kappa shape index (κ1) is 25.4. The van der Waals surface area contributed by atoms with E-state index in [4.69, 9.17) is 4.74 Å². The summed E-state index contributed by atoms with van der Waals surface area (Å²) < 4.78 is 7.21. The van der Waals surface area contributed by atoms with E-state index in [-0.39, 0.29) is 11.6 Å². The SMILES string of the molecule is CC[C@H](c1nnnn1Cc1ccccc1)N(Cc1ccc(OC)cc1)Cc1cc2cccc(C)c2[nH]c1=O. The molecule has 0 saturated carbocycles. The molecule has 0 fully saturated rings. The fourth-order valence-corrected chi connectivity index (χ4v) is 4.93. The molecule has 1 N–H and O–H groups in total. The van der Waals surface area contributed by atoms with Crippen molar-refractivity contribution in [1.82, 2.24) is 30.1 Å². The molecule has 5 aromatic rings. The van der Waals surface area contributed by atoms with Gasteiger partial charge in [0.25, 0.3) is 5.56 Å². The molecule has 194 valence electrons. The number of tetrazole rings is 1. The van der Waals surface area contributed by atoms with Gasteiger partial charge in [-0.2, -0.15) is 0 Å². The normalized spacial score (nSPS) is 12.2. The molecule has 0 aliphatic heterocycles. The van der Waals surface area contributed by atoms with Crippen molar-refractivity contribution in [1.29, 1.82) is 0 Å². The van der Waals surface area contributed by atoms with E-state index < -0.39 is 0 Å². The molecule has 0 bridgehead atoms. The summed E-state index contributed by atoms with van der Waals surface area (Å²) in [6, 6.07) is 26.1. The zero-order chi connectivity index (χ0) is 26.5. The number of aromatic amines is 1. The van der Waals surface area contributed by atoms with Crippen LogP contribution in [0.2, 0.25) is 0 Å². The fraction of sp³-hybridized carbons (Fsp3) is 0.267. The van der Waals surface area contributed by atoms with Gasteiger partial charge in [-0.3, -0.25) is 9.69 Å². The number of nitrogens with one attached hydrogen (secondary N) is 1. The van der Waals surface area contributed by atoms with Crippen LogP contribution in [0.15, 0.2) is 83.7 Å². The minimum absolute atomic E-state index is 0.0785. The van der Waals surface area contributed by atoms with Crippen LogP contribution in [-0.4, -0.2) is 37.2 Å². The molecule has 0 unspecified atom stereocenters. The molecule has 5 rings (SSSR count). The summed E-state index contributed by atoms with van der Waals surface area (Å²) in [4.78, 5) is 18.6. The molecule has 0 aliphatic rings. The van der Waals surface area contributed by atoms with Crippen LogP contribution < -0.4 is 10.3 Å². The van der Waals surface area contributed by atoms with Crippen molar-refractivity contribution in [2.24, 2.45) is 0 Å². The van der Waals surface area contributed by atoms with Crippen molar-refractivity contribution in [3.05, 3.63) is 117 Å². The highest BCUT2D eigenvalue weighted by Crippen LogP contribution is 2.27. The lowest BCUT2D eigenvalue weighted by atomic mass is 10.1. The number of aryl methyl sites for hydroxylation is 1. The van der Waals surface area contributed by atoms with Gasteiger partial charge in [0.15, 0.2) is 5.82 Å². The molecule has 1 atom stereocenters. The number of rotatable bonds is 10. The van der Waals surface area contributed by atoms with Gasteiger partial charge in [0.2, 0.25) is 0 Å². The summed E-state index contributed by atoms with van der Waals surface area (Å²) in [5, 5.41) is 13.8. The van der Waals surface area contributed by atoms with Crippen molar-refractivity contribution in [3.8, 4) is 5.75 Å². The van der Waals surface area contributed by atoms with Gasteiger partial charge in [-0.25, -0.2) is 4.68 Å². The largest absolute Gasteiger partial charge is 0.497 e. The van der Waals surface area contributed by atoms with Crippen LogP contribution in [0.3, 0.4) is 0 Å². The number of aromatic nitrogens is 5. The maximum absolute atomic E-state index is 13.2. The average Bonchev–Trinajstić information content (AvgIpc) is 3.38. The molecule has 8 nitrogen and oxygen atoms in total. The molecule has 2 heterocycles. The van der Waals surface area contributed by atoms with Crippen molar-refractivity contribution < 1.29 is 4.74 Å². The first-order chi connectivity index (χ1) is 18.6. The molecule has 0 saturated heterocycles. The number of H-pyrrole nitrogens is 1. The van der Waals surface area contributed by atoms with E-state index in [1.807, 2.05) is 66.2 Å². The van der Waals surface area contributed by atoms with E-state index in [1.165, 1.54) is 0 Å². The molecule has 3 aromatic carbocycles. The second-order valence-electron chi connectivity index (χ2n) is 9.52. The molecule has 0 radical (unpaired) electrons. The standard InChI is InChI=1S/C30H32N6O2/c1-4-27(29-32-33-34-36(29)19-22-10-6-5-7-11-22)35(18-23-13-15-26(38-3)16-14-23)20-25-17-24-12-8-9-21(2)28(24)31-30(25)37/h5-17,27H,4,18-20H2,1-3H3,(H,31,37)/t27-/m1/s1. The molecular formula is C30H32N6O2. The number of benzene rings is 3. The van der Waals surface area contributed by atoms with Crippen molar-refractivity contribution in [3.63, 3.8) is 0 Å². The zero-order valence-corrected chi connectivity index (χ0v) is 22.0. The highest BCUT2D eigenvalue weighted by Gasteiger charge is 2.26. The predicted octanol–water partition coefficient (Wildman–Crippen LogP) is 5.03. The lowest BCUT2D eigenvalue weighted by Gasteiger charge is -2.30. The van der Waals surface area contributed by atoms with Gasteiger partial charge in [0, 0.05) is 18.7 Å². The number of pyridine rings is 1. The third kappa shape index (κ3) is 5.50. The smallest absolute Gasteiger partial charge is 0.252 e. The van der Waals surface area contributed by atoms with Crippen LogP contribution in [0.4, 0.5) is 0 Å². The van der Waals surface area contributed by atoms with E-state index in [1.54, 1.807) is 7.11 Å².